The standard InChI is InChI=1S/C28H27N3O5/c29-22-17-21-20(13-7-15-24(21)31(34)35)23-14-8-16-25(30(23)27(22)32)28(33)36-26(18-9-3-1-4-10-18)19-11-5-2-6-12-19/h1-7,9-13,15,22-23,25-26H,8,14,16-17,29H2. The number of amides is 1. The molecule has 2 N–H and O–H groups in total. The van der Waals surface area contributed by atoms with Gasteiger partial charge in [-0.2, -0.15) is 0 Å². The minimum Gasteiger partial charge on any atom is -0.451 e. The second kappa shape index (κ2) is 9.91. The predicted molar refractivity (Wildman–Crippen MR) is 133 cm³/mol. The van der Waals surface area contributed by atoms with Gasteiger partial charge < -0.3 is 15.4 Å². The molecule has 0 radical (unpaired) electrons. The van der Waals surface area contributed by atoms with Crippen LogP contribution in [0.2, 0.25) is 0 Å². The number of piperidine rings is 1. The Labute approximate surface area is 208 Å². The van der Waals surface area contributed by atoms with E-state index in [2.05, 4.69) is 0 Å². The van der Waals surface area contributed by atoms with Gasteiger partial charge in [-0.15, -0.1) is 0 Å². The molecule has 3 aromatic rings. The average molecular weight is 486 g/mol. The summed E-state index contributed by atoms with van der Waals surface area (Å²) in [4.78, 5) is 40.0. The van der Waals surface area contributed by atoms with E-state index in [1.54, 1.807) is 12.1 Å². The van der Waals surface area contributed by atoms with Gasteiger partial charge in [0, 0.05) is 18.1 Å². The van der Waals surface area contributed by atoms with Crippen LogP contribution in [0.4, 0.5) is 5.69 Å². The van der Waals surface area contributed by atoms with Gasteiger partial charge in [0.05, 0.1) is 17.0 Å². The molecule has 0 bridgehead atoms. The van der Waals surface area contributed by atoms with Crippen molar-refractivity contribution in [2.45, 2.75) is 49.9 Å². The first-order chi connectivity index (χ1) is 17.5. The number of ether oxygens (including phenoxy) is 1. The molecule has 1 amide bonds. The van der Waals surface area contributed by atoms with Crippen molar-refractivity contribution in [1.29, 1.82) is 0 Å². The smallest absolute Gasteiger partial charge is 0.329 e. The van der Waals surface area contributed by atoms with Gasteiger partial charge in [0.1, 0.15) is 6.04 Å². The van der Waals surface area contributed by atoms with Crippen molar-refractivity contribution in [3.63, 3.8) is 0 Å². The van der Waals surface area contributed by atoms with Gasteiger partial charge >= 0.3 is 5.97 Å². The topological polar surface area (TPSA) is 116 Å². The van der Waals surface area contributed by atoms with Crippen LogP contribution in [-0.4, -0.2) is 33.8 Å². The van der Waals surface area contributed by atoms with Crippen molar-refractivity contribution >= 4 is 17.6 Å². The summed E-state index contributed by atoms with van der Waals surface area (Å²) in [5, 5.41) is 11.7. The Kier molecular flexibility index (Phi) is 6.52. The summed E-state index contributed by atoms with van der Waals surface area (Å²) in [6, 6.07) is 21.5. The van der Waals surface area contributed by atoms with Crippen molar-refractivity contribution < 1.29 is 19.2 Å². The number of hydrogen-bond donors (Lipinski definition) is 1. The molecule has 2 aliphatic rings. The molecule has 0 aliphatic carbocycles. The van der Waals surface area contributed by atoms with Crippen molar-refractivity contribution in [1.82, 2.24) is 4.90 Å². The number of rotatable bonds is 5. The third-order valence-corrected chi connectivity index (χ3v) is 7.08. The molecule has 3 aromatic carbocycles. The third-order valence-electron chi connectivity index (χ3n) is 7.08. The van der Waals surface area contributed by atoms with Crippen LogP contribution in [0, 0.1) is 10.1 Å². The lowest BCUT2D eigenvalue weighted by atomic mass is 9.88. The van der Waals surface area contributed by atoms with E-state index in [0.29, 0.717) is 30.4 Å². The van der Waals surface area contributed by atoms with Crippen LogP contribution in [0.15, 0.2) is 78.9 Å². The molecule has 1 fully saturated rings. The number of hydrogen-bond acceptors (Lipinski definition) is 6. The zero-order chi connectivity index (χ0) is 25.2. The molecule has 3 atom stereocenters. The highest BCUT2D eigenvalue weighted by Crippen LogP contribution is 2.42. The summed E-state index contributed by atoms with van der Waals surface area (Å²) in [6.07, 6.45) is 1.12. The zero-order valence-corrected chi connectivity index (χ0v) is 19.7. The minimum atomic E-state index is -0.984. The lowest BCUT2D eigenvalue weighted by molar-refractivity contribution is -0.385. The highest BCUT2D eigenvalue weighted by molar-refractivity contribution is 5.89. The van der Waals surface area contributed by atoms with E-state index in [9.17, 15) is 19.7 Å². The normalized spacial score (nSPS) is 21.3. The molecule has 1 saturated heterocycles. The highest BCUT2D eigenvalue weighted by Gasteiger charge is 2.45. The van der Waals surface area contributed by atoms with Gasteiger partial charge in [-0.3, -0.25) is 14.9 Å². The highest BCUT2D eigenvalue weighted by atomic mass is 16.6. The van der Waals surface area contributed by atoms with Crippen LogP contribution in [0.3, 0.4) is 0 Å². The van der Waals surface area contributed by atoms with E-state index >= 15 is 0 Å². The number of benzene rings is 3. The molecule has 8 heteroatoms. The number of nitro groups is 1. The molecular formula is C28H27N3O5. The Morgan fingerprint density at radius 2 is 1.61 bits per heavy atom. The van der Waals surface area contributed by atoms with E-state index in [0.717, 1.165) is 11.1 Å². The Balaban J connectivity index is 1.50. The van der Waals surface area contributed by atoms with E-state index in [1.807, 2.05) is 60.7 Å². The van der Waals surface area contributed by atoms with Crippen molar-refractivity contribution in [3.8, 4) is 0 Å². The second-order valence-corrected chi connectivity index (χ2v) is 9.26. The van der Waals surface area contributed by atoms with Gasteiger partial charge in [-0.1, -0.05) is 72.8 Å². The fourth-order valence-corrected chi connectivity index (χ4v) is 5.42. The fraction of sp³-hybridized carbons (Fsp3) is 0.286. The molecule has 36 heavy (non-hydrogen) atoms. The Morgan fingerprint density at radius 1 is 0.972 bits per heavy atom. The summed E-state index contributed by atoms with van der Waals surface area (Å²) in [5.41, 5.74) is 9.00. The number of fused-ring (bicyclic) bond motifs is 3. The maximum Gasteiger partial charge on any atom is 0.329 e. The van der Waals surface area contributed by atoms with Crippen LogP contribution >= 0.6 is 0 Å². The molecular weight excluding hydrogens is 458 g/mol. The van der Waals surface area contributed by atoms with E-state index in [4.69, 9.17) is 10.5 Å². The second-order valence-electron chi connectivity index (χ2n) is 9.26. The zero-order valence-electron chi connectivity index (χ0n) is 19.7. The van der Waals surface area contributed by atoms with Gasteiger partial charge in [-0.05, 0) is 36.0 Å². The van der Waals surface area contributed by atoms with Crippen LogP contribution in [0.1, 0.15) is 53.7 Å². The lowest BCUT2D eigenvalue weighted by Gasteiger charge is -2.41. The van der Waals surface area contributed by atoms with Gasteiger partial charge in [0.25, 0.3) is 5.69 Å². The van der Waals surface area contributed by atoms with Gasteiger partial charge in [0.2, 0.25) is 5.91 Å². The molecule has 0 aromatic heterocycles. The van der Waals surface area contributed by atoms with Crippen LogP contribution in [0.5, 0.6) is 0 Å². The number of esters is 1. The van der Waals surface area contributed by atoms with Crippen LogP contribution in [0.25, 0.3) is 0 Å². The third kappa shape index (κ3) is 4.35. The molecule has 5 rings (SSSR count). The largest absolute Gasteiger partial charge is 0.451 e. The van der Waals surface area contributed by atoms with Crippen molar-refractivity contribution in [3.05, 3.63) is 111 Å². The minimum absolute atomic E-state index is 0.0458. The first-order valence-electron chi connectivity index (χ1n) is 12.1. The summed E-state index contributed by atoms with van der Waals surface area (Å²) < 4.78 is 6.10. The molecule has 0 saturated carbocycles. The SMILES string of the molecule is NC1Cc2c(cccc2[N+](=O)[O-])C2CCCC(C(=O)OC(c3ccccc3)c3ccccc3)N2C1=O. The molecule has 3 unspecified atom stereocenters. The Hall–Kier alpha value is -4.04. The monoisotopic (exact) mass is 485 g/mol. The molecule has 184 valence electrons. The molecule has 8 nitrogen and oxygen atoms in total. The number of carbonyl (C=O) groups excluding carboxylic acids is 2. The predicted octanol–water partition coefficient (Wildman–Crippen LogP) is 4.23. The van der Waals surface area contributed by atoms with Crippen LogP contribution < -0.4 is 5.73 Å². The van der Waals surface area contributed by atoms with Gasteiger partial charge in [-0.25, -0.2) is 4.79 Å². The van der Waals surface area contributed by atoms with E-state index < -0.39 is 35.1 Å². The number of nitro benzene ring substituents is 1. The molecule has 0 spiro atoms. The first kappa shape index (κ1) is 23.7. The lowest BCUT2D eigenvalue weighted by Crippen LogP contribution is -2.54. The van der Waals surface area contributed by atoms with Crippen molar-refractivity contribution in [2.24, 2.45) is 5.73 Å². The molecule has 2 aliphatic heterocycles. The summed E-state index contributed by atoms with van der Waals surface area (Å²) in [6.45, 7) is 0. The number of carbonyl (C=O) groups is 2. The van der Waals surface area contributed by atoms with Crippen LogP contribution in [-0.2, 0) is 20.7 Å². The summed E-state index contributed by atoms with van der Waals surface area (Å²) >= 11 is 0. The summed E-state index contributed by atoms with van der Waals surface area (Å²) in [5.74, 6) is -0.894. The fourth-order valence-electron chi connectivity index (χ4n) is 5.42. The Bertz CT molecular complexity index is 1240. The quantitative estimate of drug-likeness (QED) is 0.328. The van der Waals surface area contributed by atoms with E-state index in [-0.39, 0.29) is 18.0 Å². The number of nitrogens with two attached hydrogens (primary N) is 1. The van der Waals surface area contributed by atoms with Crippen molar-refractivity contribution in [2.75, 3.05) is 0 Å². The first-order valence-corrected chi connectivity index (χ1v) is 12.1. The number of nitrogens with zero attached hydrogens (tertiary/aromatic N) is 2. The Morgan fingerprint density at radius 3 is 2.22 bits per heavy atom. The summed E-state index contributed by atoms with van der Waals surface area (Å²) in [7, 11) is 0. The molecule has 2 heterocycles. The van der Waals surface area contributed by atoms with Gasteiger partial charge in [0.15, 0.2) is 6.10 Å². The van der Waals surface area contributed by atoms with E-state index in [1.165, 1.54) is 11.0 Å². The maximum absolute atomic E-state index is 13.7. The average Bonchev–Trinajstić information content (AvgIpc) is 3.02. The maximum atomic E-state index is 13.7.